The van der Waals surface area contributed by atoms with Crippen molar-refractivity contribution in [1.29, 1.82) is 0 Å². The Morgan fingerprint density at radius 3 is 2.56 bits per heavy atom. The molecule has 18 heavy (non-hydrogen) atoms. The van der Waals surface area contributed by atoms with Gasteiger partial charge >= 0.3 is 0 Å². The van der Waals surface area contributed by atoms with Gasteiger partial charge in [-0.2, -0.15) is 0 Å². The average Bonchev–Trinajstić information content (AvgIpc) is 2.83. The second-order valence-corrected chi connectivity index (χ2v) is 4.45. The molecular weight excluding hydrogens is 234 g/mol. The summed E-state index contributed by atoms with van der Waals surface area (Å²) in [6.45, 7) is 7.25. The van der Waals surface area contributed by atoms with Crippen molar-refractivity contribution in [2.24, 2.45) is 0 Å². The molecule has 5 heteroatoms. The highest BCUT2D eigenvalue weighted by molar-refractivity contribution is 4.74. The third-order valence-electron chi connectivity index (χ3n) is 2.93. The number of hydrogen-bond acceptors (Lipinski definition) is 5. The molecule has 1 saturated heterocycles. The van der Waals surface area contributed by atoms with Crippen molar-refractivity contribution < 1.29 is 18.9 Å². The van der Waals surface area contributed by atoms with Crippen LogP contribution in [0.25, 0.3) is 0 Å². The fraction of sp³-hybridized carbons (Fsp3) is 1.00. The van der Waals surface area contributed by atoms with E-state index in [1.165, 1.54) is 0 Å². The maximum Gasteiger partial charge on any atom is 0.0813 e. The van der Waals surface area contributed by atoms with Crippen LogP contribution >= 0.6 is 0 Å². The zero-order valence-corrected chi connectivity index (χ0v) is 11.7. The van der Waals surface area contributed by atoms with Gasteiger partial charge in [0.25, 0.3) is 0 Å². The van der Waals surface area contributed by atoms with Gasteiger partial charge in [0.1, 0.15) is 0 Å². The first-order valence-corrected chi connectivity index (χ1v) is 6.87. The molecule has 0 aromatic carbocycles. The van der Waals surface area contributed by atoms with E-state index in [1.54, 1.807) is 7.11 Å². The lowest BCUT2D eigenvalue weighted by atomic mass is 10.2. The van der Waals surface area contributed by atoms with Gasteiger partial charge in [-0.3, -0.25) is 0 Å². The molecule has 0 aliphatic carbocycles. The number of methoxy groups -OCH3 is 1. The van der Waals surface area contributed by atoms with E-state index in [-0.39, 0.29) is 6.10 Å². The first-order valence-electron chi connectivity index (χ1n) is 6.87. The third-order valence-corrected chi connectivity index (χ3v) is 2.93. The average molecular weight is 261 g/mol. The standard InChI is InChI=1S/C13H27NO4/c1-3-14-10-12-4-5-13(18-12)11-17-9-8-16-7-6-15-2/h12-14H,3-11H2,1-2H3. The highest BCUT2D eigenvalue weighted by atomic mass is 16.6. The molecule has 5 nitrogen and oxygen atoms in total. The second kappa shape index (κ2) is 10.7. The molecule has 108 valence electrons. The predicted octanol–water partition coefficient (Wildman–Crippen LogP) is 0.823. The normalized spacial score (nSPS) is 23.7. The number of hydrogen-bond donors (Lipinski definition) is 1. The van der Waals surface area contributed by atoms with Crippen LogP contribution < -0.4 is 5.32 Å². The Bertz CT molecular complexity index is 192. The minimum absolute atomic E-state index is 0.257. The Balaban J connectivity index is 1.88. The van der Waals surface area contributed by atoms with E-state index in [4.69, 9.17) is 18.9 Å². The summed E-state index contributed by atoms with van der Waals surface area (Å²) in [4.78, 5) is 0. The van der Waals surface area contributed by atoms with Crippen LogP contribution in [0.1, 0.15) is 19.8 Å². The highest BCUT2D eigenvalue weighted by Gasteiger charge is 2.24. The minimum Gasteiger partial charge on any atom is -0.382 e. The first-order chi connectivity index (χ1) is 8.86. The quantitative estimate of drug-likeness (QED) is 0.558. The molecule has 2 atom stereocenters. The van der Waals surface area contributed by atoms with E-state index >= 15 is 0 Å². The van der Waals surface area contributed by atoms with Crippen molar-refractivity contribution in [2.45, 2.75) is 32.0 Å². The largest absolute Gasteiger partial charge is 0.382 e. The lowest BCUT2D eigenvalue weighted by molar-refractivity contribution is -0.0317. The summed E-state index contributed by atoms with van der Waals surface area (Å²) in [6, 6.07) is 0. The summed E-state index contributed by atoms with van der Waals surface area (Å²) < 4.78 is 21.6. The summed E-state index contributed by atoms with van der Waals surface area (Å²) in [5.41, 5.74) is 0. The zero-order valence-electron chi connectivity index (χ0n) is 11.7. The molecule has 1 fully saturated rings. The minimum atomic E-state index is 0.257. The second-order valence-electron chi connectivity index (χ2n) is 4.45. The number of rotatable bonds is 11. The van der Waals surface area contributed by atoms with Gasteiger partial charge in [-0.1, -0.05) is 6.92 Å². The van der Waals surface area contributed by atoms with Crippen LogP contribution in [-0.2, 0) is 18.9 Å². The zero-order chi connectivity index (χ0) is 13.1. The van der Waals surface area contributed by atoms with Crippen LogP contribution in [-0.4, -0.2) is 65.4 Å². The van der Waals surface area contributed by atoms with Crippen molar-refractivity contribution in [2.75, 3.05) is 53.2 Å². The predicted molar refractivity (Wildman–Crippen MR) is 70.0 cm³/mol. The number of ether oxygens (including phenoxy) is 4. The fourth-order valence-corrected chi connectivity index (χ4v) is 1.94. The maximum absolute atomic E-state index is 5.86. The van der Waals surface area contributed by atoms with Gasteiger partial charge in [0.15, 0.2) is 0 Å². The van der Waals surface area contributed by atoms with Crippen LogP contribution in [0.2, 0.25) is 0 Å². The SMILES string of the molecule is CCNCC1CCC(COCCOCCOC)O1. The molecule has 0 saturated carbocycles. The Kier molecular flexibility index (Phi) is 9.42. The van der Waals surface area contributed by atoms with Gasteiger partial charge in [0.2, 0.25) is 0 Å². The summed E-state index contributed by atoms with van der Waals surface area (Å²) in [5, 5.41) is 3.31. The van der Waals surface area contributed by atoms with E-state index in [1.807, 2.05) is 0 Å². The Hall–Kier alpha value is -0.200. The Morgan fingerprint density at radius 2 is 1.78 bits per heavy atom. The number of likely N-dealkylation sites (N-methyl/N-ethyl adjacent to an activating group) is 1. The van der Waals surface area contributed by atoms with E-state index in [0.717, 1.165) is 25.9 Å². The molecule has 1 aliphatic heterocycles. The van der Waals surface area contributed by atoms with Crippen molar-refractivity contribution in [1.82, 2.24) is 5.32 Å². The number of nitrogens with one attached hydrogen (secondary N) is 1. The molecule has 1 aliphatic rings. The van der Waals surface area contributed by atoms with Crippen LogP contribution in [0.4, 0.5) is 0 Å². The highest BCUT2D eigenvalue weighted by Crippen LogP contribution is 2.19. The first kappa shape index (κ1) is 15.9. The van der Waals surface area contributed by atoms with Crippen molar-refractivity contribution >= 4 is 0 Å². The van der Waals surface area contributed by atoms with E-state index in [9.17, 15) is 0 Å². The fourth-order valence-electron chi connectivity index (χ4n) is 1.94. The van der Waals surface area contributed by atoms with Gasteiger partial charge in [-0.15, -0.1) is 0 Å². The Labute approximate surface area is 110 Å². The van der Waals surface area contributed by atoms with Crippen molar-refractivity contribution in [3.05, 3.63) is 0 Å². The van der Waals surface area contributed by atoms with Gasteiger partial charge < -0.3 is 24.3 Å². The van der Waals surface area contributed by atoms with Crippen LogP contribution in [0.15, 0.2) is 0 Å². The van der Waals surface area contributed by atoms with Gasteiger partial charge in [0, 0.05) is 13.7 Å². The lowest BCUT2D eigenvalue weighted by Crippen LogP contribution is -2.27. The molecule has 0 aromatic heterocycles. The van der Waals surface area contributed by atoms with Gasteiger partial charge in [-0.05, 0) is 19.4 Å². The maximum atomic E-state index is 5.86. The molecule has 0 spiro atoms. The van der Waals surface area contributed by atoms with Gasteiger partial charge in [-0.25, -0.2) is 0 Å². The van der Waals surface area contributed by atoms with Crippen LogP contribution in [0.3, 0.4) is 0 Å². The third kappa shape index (κ3) is 7.28. The molecular formula is C13H27NO4. The van der Waals surface area contributed by atoms with E-state index in [0.29, 0.717) is 39.1 Å². The summed E-state index contributed by atoms with van der Waals surface area (Å²) >= 11 is 0. The van der Waals surface area contributed by atoms with Crippen LogP contribution in [0.5, 0.6) is 0 Å². The van der Waals surface area contributed by atoms with E-state index < -0.39 is 0 Å². The molecule has 1 N–H and O–H groups in total. The molecule has 0 aromatic rings. The van der Waals surface area contributed by atoms with Crippen molar-refractivity contribution in [3.8, 4) is 0 Å². The monoisotopic (exact) mass is 261 g/mol. The lowest BCUT2D eigenvalue weighted by Gasteiger charge is -2.14. The summed E-state index contributed by atoms with van der Waals surface area (Å²) in [6.07, 6.45) is 2.84. The van der Waals surface area contributed by atoms with E-state index in [2.05, 4.69) is 12.2 Å². The molecule has 0 radical (unpaired) electrons. The van der Waals surface area contributed by atoms with Gasteiger partial charge in [0.05, 0.1) is 45.2 Å². The Morgan fingerprint density at radius 1 is 1.06 bits per heavy atom. The molecule has 1 heterocycles. The smallest absolute Gasteiger partial charge is 0.0813 e. The summed E-state index contributed by atoms with van der Waals surface area (Å²) in [5.74, 6) is 0. The van der Waals surface area contributed by atoms with Crippen molar-refractivity contribution in [3.63, 3.8) is 0 Å². The van der Waals surface area contributed by atoms with Crippen LogP contribution in [0, 0.1) is 0 Å². The molecule has 0 bridgehead atoms. The molecule has 2 unspecified atom stereocenters. The molecule has 1 rings (SSSR count). The molecule has 0 amide bonds. The topological polar surface area (TPSA) is 49.0 Å². The summed E-state index contributed by atoms with van der Waals surface area (Å²) in [7, 11) is 1.67.